The highest BCUT2D eigenvalue weighted by molar-refractivity contribution is 5.86. The van der Waals surface area contributed by atoms with Crippen molar-refractivity contribution < 1.29 is 75.8 Å². The number of rotatable bonds is 8. The zero-order chi connectivity index (χ0) is 35.9. The van der Waals surface area contributed by atoms with E-state index in [1.807, 2.05) is 13.8 Å². The lowest BCUT2D eigenvalue weighted by atomic mass is 9.41. The maximum absolute atomic E-state index is 14.3. The third-order valence-electron chi connectivity index (χ3n) is 11.5. The van der Waals surface area contributed by atoms with Crippen molar-refractivity contribution in [1.82, 2.24) is 0 Å². The van der Waals surface area contributed by atoms with Crippen LogP contribution in [0, 0.1) is 22.7 Å². The molecule has 0 spiro atoms. The first-order valence-electron chi connectivity index (χ1n) is 16.7. The highest BCUT2D eigenvalue weighted by Crippen LogP contribution is 2.73. The molecule has 14 atom stereocenters. The van der Waals surface area contributed by atoms with Crippen LogP contribution in [0.1, 0.15) is 72.5 Å². The molecule has 6 heterocycles. The quantitative estimate of drug-likeness (QED) is 0.215. The van der Waals surface area contributed by atoms with Crippen LogP contribution < -0.4 is 0 Å². The molecule has 14 unspecified atom stereocenters. The third kappa shape index (κ3) is 5.20. The van der Waals surface area contributed by atoms with E-state index < -0.39 is 120 Å². The fourth-order valence-corrected chi connectivity index (χ4v) is 9.62. The average Bonchev–Trinajstić information content (AvgIpc) is 3.65. The molecule has 0 radical (unpaired) electrons. The van der Waals surface area contributed by atoms with Gasteiger partial charge in [0.2, 0.25) is 11.9 Å². The zero-order valence-electron chi connectivity index (χ0n) is 28.4. The van der Waals surface area contributed by atoms with Crippen molar-refractivity contribution in [2.45, 2.75) is 122 Å². The van der Waals surface area contributed by atoms with E-state index >= 15 is 0 Å². The van der Waals surface area contributed by atoms with Crippen LogP contribution in [0.2, 0.25) is 0 Å². The predicted molar refractivity (Wildman–Crippen MR) is 159 cm³/mol. The number of epoxide rings is 1. The van der Waals surface area contributed by atoms with Gasteiger partial charge in [0.15, 0.2) is 18.3 Å². The molecule has 272 valence electrons. The van der Waals surface area contributed by atoms with Crippen molar-refractivity contribution in [2.75, 3.05) is 6.61 Å². The first-order valence-corrected chi connectivity index (χ1v) is 16.7. The number of hydrogen-bond donors (Lipinski definition) is 0. The Hall–Kier alpha value is -4.02. The maximum Gasteiger partial charge on any atom is 0.342 e. The zero-order valence-corrected chi connectivity index (χ0v) is 28.4. The van der Waals surface area contributed by atoms with Gasteiger partial charge >= 0.3 is 35.8 Å². The predicted octanol–water partition coefficient (Wildman–Crippen LogP) is 1.85. The Morgan fingerprint density at radius 2 is 1.54 bits per heavy atom. The van der Waals surface area contributed by atoms with Crippen LogP contribution in [-0.4, -0.2) is 97.0 Å². The highest BCUT2D eigenvalue weighted by Gasteiger charge is 2.86. The lowest BCUT2D eigenvalue weighted by molar-refractivity contribution is -0.366. The maximum atomic E-state index is 14.3. The number of esters is 6. The van der Waals surface area contributed by atoms with Gasteiger partial charge in [-0.05, 0) is 30.7 Å². The van der Waals surface area contributed by atoms with Crippen LogP contribution >= 0.6 is 0 Å². The van der Waals surface area contributed by atoms with Crippen molar-refractivity contribution in [3.8, 4) is 0 Å². The van der Waals surface area contributed by atoms with Crippen LogP contribution in [0.5, 0.6) is 0 Å². The summed E-state index contributed by atoms with van der Waals surface area (Å²) < 4.78 is 58.5. The monoisotopic (exact) mass is 704 g/mol. The summed E-state index contributed by atoms with van der Waals surface area (Å²) in [4.78, 5) is 76.9. The number of carbonyl (C=O) groups excluding carboxylic acids is 6. The fourth-order valence-electron chi connectivity index (χ4n) is 9.62. The van der Waals surface area contributed by atoms with E-state index in [9.17, 15) is 28.8 Å². The molecule has 50 heavy (non-hydrogen) atoms. The molecule has 1 aromatic heterocycles. The Labute approximate surface area is 286 Å². The summed E-state index contributed by atoms with van der Waals surface area (Å²) in [6.07, 6.45) is -5.97. The molecule has 7 aliphatic rings. The van der Waals surface area contributed by atoms with Crippen LogP contribution in [0.25, 0.3) is 0 Å². The van der Waals surface area contributed by atoms with E-state index in [1.54, 1.807) is 6.07 Å². The van der Waals surface area contributed by atoms with Crippen LogP contribution in [0.4, 0.5) is 0 Å². The lowest BCUT2D eigenvalue weighted by Crippen LogP contribution is -2.79. The van der Waals surface area contributed by atoms with Crippen molar-refractivity contribution >= 4 is 35.8 Å². The molecular formula is C34H40O16. The first kappa shape index (κ1) is 34.4. The Balaban J connectivity index is 1.30. The first-order chi connectivity index (χ1) is 23.6. The Kier molecular flexibility index (Phi) is 8.30. The average molecular weight is 705 g/mol. The van der Waals surface area contributed by atoms with E-state index in [1.165, 1.54) is 19.5 Å². The molecule has 2 saturated carbocycles. The van der Waals surface area contributed by atoms with E-state index in [2.05, 4.69) is 0 Å². The molecule has 1 aromatic rings. The molecule has 0 aromatic carbocycles. The summed E-state index contributed by atoms with van der Waals surface area (Å²) in [6.45, 7) is 7.94. The summed E-state index contributed by atoms with van der Waals surface area (Å²) in [7, 11) is 0. The molecule has 0 amide bonds. The van der Waals surface area contributed by atoms with Crippen molar-refractivity contribution in [3.63, 3.8) is 0 Å². The normalized spacial score (nSPS) is 43.9. The third-order valence-corrected chi connectivity index (χ3v) is 11.5. The second-order valence-electron chi connectivity index (χ2n) is 14.5. The number of fused-ring (bicyclic) bond motifs is 2. The van der Waals surface area contributed by atoms with Gasteiger partial charge in [-0.15, -0.1) is 0 Å². The van der Waals surface area contributed by atoms with Crippen molar-refractivity contribution in [1.29, 1.82) is 0 Å². The minimum absolute atomic E-state index is 0.326. The largest absolute Gasteiger partial charge is 0.472 e. The Morgan fingerprint density at radius 3 is 2.18 bits per heavy atom. The smallest absolute Gasteiger partial charge is 0.342 e. The topological polar surface area (TPSA) is 202 Å². The van der Waals surface area contributed by atoms with Gasteiger partial charge in [-0.3, -0.25) is 24.0 Å². The molecule has 16 nitrogen and oxygen atoms in total. The second kappa shape index (κ2) is 12.0. The Morgan fingerprint density at radius 1 is 0.860 bits per heavy atom. The van der Waals surface area contributed by atoms with E-state index in [4.69, 9.17) is 47.0 Å². The van der Waals surface area contributed by atoms with Gasteiger partial charge in [0.25, 0.3) is 0 Å². The fraction of sp³-hybridized carbons (Fsp3) is 0.706. The van der Waals surface area contributed by atoms with E-state index in [-0.39, 0.29) is 5.97 Å². The Bertz CT molecular complexity index is 1590. The van der Waals surface area contributed by atoms with Crippen molar-refractivity contribution in [3.05, 3.63) is 24.2 Å². The molecule has 5 saturated heterocycles. The SMILES string of the molecule is CC(=O)OCC1OC(OC23C(=O)OC(C4OC42)C2C4(C)CC(c5ccoc5)OC(=O)C4CCC23C)C(OC(C)=O)C(OC(C)=O)C1OC(C)=O. The highest BCUT2D eigenvalue weighted by atomic mass is 16.8. The summed E-state index contributed by atoms with van der Waals surface area (Å²) >= 11 is 0. The molecule has 0 N–H and O–H groups in total. The lowest BCUT2D eigenvalue weighted by Gasteiger charge is -2.67. The van der Waals surface area contributed by atoms with Gasteiger partial charge in [0.05, 0.1) is 18.4 Å². The van der Waals surface area contributed by atoms with Crippen LogP contribution in [0.3, 0.4) is 0 Å². The van der Waals surface area contributed by atoms with Crippen LogP contribution in [-0.2, 0) is 71.4 Å². The minimum Gasteiger partial charge on any atom is -0.472 e. The van der Waals surface area contributed by atoms with E-state index in [0.29, 0.717) is 24.8 Å². The molecule has 2 bridgehead atoms. The molecule has 5 aliphatic heterocycles. The van der Waals surface area contributed by atoms with Crippen molar-refractivity contribution in [2.24, 2.45) is 22.7 Å². The number of furan rings is 1. The van der Waals surface area contributed by atoms with E-state index in [0.717, 1.165) is 20.8 Å². The summed E-state index contributed by atoms with van der Waals surface area (Å²) in [5, 5.41) is 0. The number of carbonyl (C=O) groups is 6. The van der Waals surface area contributed by atoms with Crippen LogP contribution in [0.15, 0.2) is 23.0 Å². The van der Waals surface area contributed by atoms with Gasteiger partial charge in [-0.1, -0.05) is 13.8 Å². The summed E-state index contributed by atoms with van der Waals surface area (Å²) in [6, 6.07) is 1.74. The standard InChI is InChI=1S/C34H40O16/c1-14(35)42-13-21-22(43-15(2)36)23(44-16(3)37)26(45-17(4)38)30(47-21)50-34-28-25(48-28)24(49-31(34)40)27-32(5)11-20(18-8-10-41-12-18)46-29(39)19(32)7-9-33(27,34)6/h8,10,12,19-28,30H,7,9,11,13H2,1-6H3. The second-order valence-corrected chi connectivity index (χ2v) is 14.5. The minimum atomic E-state index is -1.86. The molecule has 8 rings (SSSR count). The molecule has 2 aliphatic carbocycles. The van der Waals surface area contributed by atoms with Gasteiger partial charge in [0, 0.05) is 44.6 Å². The molecular weight excluding hydrogens is 664 g/mol. The van der Waals surface area contributed by atoms with Gasteiger partial charge in [-0.2, -0.15) is 0 Å². The number of hydrogen-bond acceptors (Lipinski definition) is 16. The van der Waals surface area contributed by atoms with Gasteiger partial charge in [0.1, 0.15) is 37.1 Å². The van der Waals surface area contributed by atoms with Gasteiger partial charge in [-0.25, -0.2) is 4.79 Å². The number of cyclic esters (lactones) is 1. The van der Waals surface area contributed by atoms with Gasteiger partial charge < -0.3 is 47.0 Å². The summed E-state index contributed by atoms with van der Waals surface area (Å²) in [5.41, 5.74) is -2.95. The summed E-state index contributed by atoms with van der Waals surface area (Å²) in [5.74, 6) is -5.16. The molecule has 7 fully saturated rings. The number of ether oxygens (including phenoxy) is 9. The molecule has 16 heteroatoms.